The number of carbonyl (C=O) groups excluding carboxylic acids is 1. The van der Waals surface area contributed by atoms with E-state index in [-0.39, 0.29) is 17.6 Å². The van der Waals surface area contributed by atoms with Crippen LogP contribution in [0, 0.1) is 17.0 Å². The van der Waals surface area contributed by atoms with Gasteiger partial charge in [-0.25, -0.2) is 0 Å². The molecular formula is C20H18N2O3. The highest BCUT2D eigenvalue weighted by Gasteiger charge is 2.16. The summed E-state index contributed by atoms with van der Waals surface area (Å²) in [5.74, 6) is -0.251. The average Bonchev–Trinajstić information content (AvgIpc) is 2.60. The lowest BCUT2D eigenvalue weighted by Gasteiger charge is -2.15. The van der Waals surface area contributed by atoms with E-state index in [1.165, 1.54) is 12.1 Å². The predicted octanol–water partition coefficient (Wildman–Crippen LogP) is 4.55. The Hall–Kier alpha value is -3.21. The fourth-order valence-electron chi connectivity index (χ4n) is 2.84. The molecule has 3 aromatic rings. The van der Waals surface area contributed by atoms with E-state index in [1.807, 2.05) is 43.3 Å². The molecule has 0 unspecified atom stereocenters. The molecule has 0 aromatic heterocycles. The van der Waals surface area contributed by atoms with Crippen LogP contribution in [0.2, 0.25) is 0 Å². The van der Waals surface area contributed by atoms with Crippen LogP contribution in [-0.2, 0) is 0 Å². The van der Waals surface area contributed by atoms with Gasteiger partial charge in [0.25, 0.3) is 11.6 Å². The van der Waals surface area contributed by atoms with Crippen LogP contribution in [0.1, 0.15) is 34.5 Å². The molecule has 0 aliphatic carbocycles. The van der Waals surface area contributed by atoms with Crippen molar-refractivity contribution in [2.45, 2.75) is 19.9 Å². The molecule has 3 aromatic carbocycles. The van der Waals surface area contributed by atoms with Gasteiger partial charge in [0.05, 0.1) is 11.0 Å². The molecule has 3 rings (SSSR count). The average molecular weight is 334 g/mol. The van der Waals surface area contributed by atoms with Gasteiger partial charge in [0.2, 0.25) is 0 Å². The maximum absolute atomic E-state index is 12.4. The van der Waals surface area contributed by atoms with Crippen molar-refractivity contribution in [1.29, 1.82) is 0 Å². The van der Waals surface area contributed by atoms with E-state index in [2.05, 4.69) is 11.4 Å². The summed E-state index contributed by atoms with van der Waals surface area (Å²) in [5.41, 5.74) is 1.90. The first-order valence-electron chi connectivity index (χ1n) is 8.00. The van der Waals surface area contributed by atoms with Crippen molar-refractivity contribution in [2.75, 3.05) is 0 Å². The first-order valence-corrected chi connectivity index (χ1v) is 8.00. The van der Waals surface area contributed by atoms with Crippen LogP contribution >= 0.6 is 0 Å². The normalized spacial score (nSPS) is 11.9. The Balaban J connectivity index is 1.79. The molecule has 0 aliphatic rings. The first-order chi connectivity index (χ1) is 12.0. The van der Waals surface area contributed by atoms with Crippen LogP contribution < -0.4 is 5.32 Å². The van der Waals surface area contributed by atoms with Crippen molar-refractivity contribution in [3.05, 3.63) is 87.5 Å². The number of nitrogens with one attached hydrogen (secondary N) is 1. The van der Waals surface area contributed by atoms with Gasteiger partial charge < -0.3 is 5.32 Å². The topological polar surface area (TPSA) is 72.2 Å². The molecule has 5 heteroatoms. The fraction of sp³-hybridized carbons (Fsp3) is 0.150. The number of nitro benzene ring substituents is 1. The second-order valence-corrected chi connectivity index (χ2v) is 6.06. The maximum atomic E-state index is 12.4. The Morgan fingerprint density at radius 3 is 2.44 bits per heavy atom. The van der Waals surface area contributed by atoms with Crippen LogP contribution in [0.15, 0.2) is 60.7 Å². The SMILES string of the molecule is Cc1cc(C(=O)N[C@H](C)c2ccc3ccccc3c2)ccc1[N+](=O)[O-]. The second-order valence-electron chi connectivity index (χ2n) is 6.06. The predicted molar refractivity (Wildman–Crippen MR) is 97.7 cm³/mol. The zero-order valence-corrected chi connectivity index (χ0v) is 14.0. The summed E-state index contributed by atoms with van der Waals surface area (Å²) in [6.07, 6.45) is 0. The van der Waals surface area contributed by atoms with Crippen LogP contribution in [0.4, 0.5) is 5.69 Å². The summed E-state index contributed by atoms with van der Waals surface area (Å²) < 4.78 is 0. The number of nitrogens with zero attached hydrogens (tertiary/aromatic N) is 1. The van der Waals surface area contributed by atoms with Crippen molar-refractivity contribution >= 4 is 22.4 Å². The monoisotopic (exact) mass is 334 g/mol. The first kappa shape index (κ1) is 16.6. The molecule has 0 aliphatic heterocycles. The standard InChI is InChI=1S/C20H18N2O3/c1-13-11-18(9-10-19(13)22(24)25)20(23)21-14(2)16-8-7-15-5-3-4-6-17(15)12-16/h3-12,14H,1-2H3,(H,21,23)/t14-/m1/s1. The van der Waals surface area contributed by atoms with E-state index in [1.54, 1.807) is 13.0 Å². The second kappa shape index (κ2) is 6.73. The highest BCUT2D eigenvalue weighted by molar-refractivity contribution is 5.95. The van der Waals surface area contributed by atoms with Gasteiger partial charge >= 0.3 is 0 Å². The summed E-state index contributed by atoms with van der Waals surface area (Å²) in [6, 6.07) is 18.3. The van der Waals surface area contributed by atoms with Crippen molar-refractivity contribution in [2.24, 2.45) is 0 Å². The molecule has 1 N–H and O–H groups in total. The quantitative estimate of drug-likeness (QED) is 0.562. The number of hydrogen-bond donors (Lipinski definition) is 1. The fourth-order valence-corrected chi connectivity index (χ4v) is 2.84. The Kier molecular flexibility index (Phi) is 4.48. The molecule has 0 bridgehead atoms. The van der Waals surface area contributed by atoms with Crippen LogP contribution in [-0.4, -0.2) is 10.8 Å². The summed E-state index contributed by atoms with van der Waals surface area (Å²) in [4.78, 5) is 22.9. The Morgan fingerprint density at radius 1 is 1.04 bits per heavy atom. The summed E-state index contributed by atoms with van der Waals surface area (Å²) in [7, 11) is 0. The number of benzene rings is 3. The molecule has 5 nitrogen and oxygen atoms in total. The van der Waals surface area contributed by atoms with Crippen LogP contribution in [0.5, 0.6) is 0 Å². The molecular weight excluding hydrogens is 316 g/mol. The number of carbonyl (C=O) groups is 1. The van der Waals surface area contributed by atoms with E-state index >= 15 is 0 Å². The third-order valence-corrected chi connectivity index (χ3v) is 4.28. The minimum atomic E-state index is -0.450. The van der Waals surface area contributed by atoms with Gasteiger partial charge in [-0.15, -0.1) is 0 Å². The van der Waals surface area contributed by atoms with Crippen molar-refractivity contribution in [3.8, 4) is 0 Å². The van der Waals surface area contributed by atoms with Crippen molar-refractivity contribution < 1.29 is 9.72 Å². The molecule has 0 radical (unpaired) electrons. The number of fused-ring (bicyclic) bond motifs is 1. The van der Waals surface area contributed by atoms with E-state index in [4.69, 9.17) is 0 Å². The van der Waals surface area contributed by atoms with E-state index < -0.39 is 4.92 Å². The molecule has 0 heterocycles. The summed E-state index contributed by atoms with van der Waals surface area (Å²) >= 11 is 0. The Labute approximate surface area is 145 Å². The third kappa shape index (κ3) is 3.50. The third-order valence-electron chi connectivity index (χ3n) is 4.28. The van der Waals surface area contributed by atoms with Gasteiger partial charge in [0.1, 0.15) is 0 Å². The van der Waals surface area contributed by atoms with Gasteiger partial charge in [0.15, 0.2) is 0 Å². The number of rotatable bonds is 4. The highest BCUT2D eigenvalue weighted by atomic mass is 16.6. The Bertz CT molecular complexity index is 966. The molecule has 1 atom stereocenters. The molecule has 0 saturated carbocycles. The number of hydrogen-bond acceptors (Lipinski definition) is 3. The number of aryl methyl sites for hydroxylation is 1. The van der Waals surface area contributed by atoms with Crippen LogP contribution in [0.3, 0.4) is 0 Å². The molecule has 1 amide bonds. The van der Waals surface area contributed by atoms with Gasteiger partial charge in [-0.05, 0) is 48.4 Å². The van der Waals surface area contributed by atoms with Gasteiger partial charge in [-0.2, -0.15) is 0 Å². The molecule has 0 fully saturated rings. The lowest BCUT2D eigenvalue weighted by molar-refractivity contribution is -0.385. The van der Waals surface area contributed by atoms with Crippen molar-refractivity contribution in [3.63, 3.8) is 0 Å². The molecule has 0 spiro atoms. The summed E-state index contributed by atoms with van der Waals surface area (Å²) in [5, 5.41) is 16.1. The highest BCUT2D eigenvalue weighted by Crippen LogP contribution is 2.22. The summed E-state index contributed by atoms with van der Waals surface area (Å²) in [6.45, 7) is 3.54. The Morgan fingerprint density at radius 2 is 1.76 bits per heavy atom. The zero-order chi connectivity index (χ0) is 18.0. The largest absolute Gasteiger partial charge is 0.346 e. The smallest absolute Gasteiger partial charge is 0.272 e. The number of amides is 1. The molecule has 0 saturated heterocycles. The van der Waals surface area contributed by atoms with Crippen molar-refractivity contribution in [1.82, 2.24) is 5.32 Å². The lowest BCUT2D eigenvalue weighted by Crippen LogP contribution is -2.26. The minimum absolute atomic E-state index is 0.0131. The lowest BCUT2D eigenvalue weighted by atomic mass is 10.0. The van der Waals surface area contributed by atoms with E-state index in [0.717, 1.165) is 16.3 Å². The van der Waals surface area contributed by atoms with E-state index in [9.17, 15) is 14.9 Å². The zero-order valence-electron chi connectivity index (χ0n) is 14.0. The van der Waals surface area contributed by atoms with Crippen LogP contribution in [0.25, 0.3) is 10.8 Å². The van der Waals surface area contributed by atoms with Gasteiger partial charge in [0, 0.05) is 17.2 Å². The molecule has 25 heavy (non-hydrogen) atoms. The molecule has 126 valence electrons. The minimum Gasteiger partial charge on any atom is -0.346 e. The maximum Gasteiger partial charge on any atom is 0.272 e. The number of nitro groups is 1. The van der Waals surface area contributed by atoms with Gasteiger partial charge in [-0.1, -0.05) is 36.4 Å². The van der Waals surface area contributed by atoms with Gasteiger partial charge in [-0.3, -0.25) is 14.9 Å². The van der Waals surface area contributed by atoms with E-state index in [0.29, 0.717) is 11.1 Å².